The van der Waals surface area contributed by atoms with E-state index in [2.05, 4.69) is 5.32 Å². The summed E-state index contributed by atoms with van der Waals surface area (Å²) in [5.41, 5.74) is 5.91. The van der Waals surface area contributed by atoms with Crippen LogP contribution < -0.4 is 11.1 Å². The Morgan fingerprint density at radius 3 is 2.62 bits per heavy atom. The summed E-state index contributed by atoms with van der Waals surface area (Å²) in [7, 11) is 0. The van der Waals surface area contributed by atoms with Crippen molar-refractivity contribution in [1.82, 2.24) is 5.32 Å². The number of carbonyl (C=O) groups is 1. The van der Waals surface area contributed by atoms with Gasteiger partial charge in [0.05, 0.1) is 0 Å². The van der Waals surface area contributed by atoms with Crippen LogP contribution in [0.15, 0.2) is 24.3 Å². The van der Waals surface area contributed by atoms with Crippen LogP contribution in [0.1, 0.15) is 25.8 Å². The number of phenols is 1. The highest BCUT2D eigenvalue weighted by molar-refractivity contribution is 5.77. The van der Waals surface area contributed by atoms with E-state index < -0.39 is 5.54 Å². The van der Waals surface area contributed by atoms with Gasteiger partial charge in [-0.15, -0.1) is 0 Å². The molecule has 0 aliphatic heterocycles. The molecule has 0 heterocycles. The first-order chi connectivity index (χ1) is 7.38. The number of carbonyl (C=O) groups excluding carboxylic acids is 1. The molecule has 1 aromatic carbocycles. The summed E-state index contributed by atoms with van der Waals surface area (Å²) >= 11 is 0. The summed E-state index contributed by atoms with van der Waals surface area (Å²) in [6.45, 7) is 3.92. The molecule has 4 nitrogen and oxygen atoms in total. The molecule has 0 aromatic heterocycles. The minimum Gasteiger partial charge on any atom is -0.508 e. The van der Waals surface area contributed by atoms with E-state index in [9.17, 15) is 9.90 Å². The summed E-state index contributed by atoms with van der Waals surface area (Å²) in [5.74, 6) is 0.0746. The molecule has 0 aliphatic rings. The van der Waals surface area contributed by atoms with Crippen molar-refractivity contribution < 1.29 is 9.90 Å². The fourth-order valence-electron chi connectivity index (χ4n) is 1.33. The van der Waals surface area contributed by atoms with Gasteiger partial charge in [0, 0.05) is 24.1 Å². The first kappa shape index (κ1) is 12.5. The van der Waals surface area contributed by atoms with Crippen molar-refractivity contribution in [3.8, 4) is 5.75 Å². The lowest BCUT2D eigenvalue weighted by atomic mass is 10.0. The largest absolute Gasteiger partial charge is 0.508 e. The van der Waals surface area contributed by atoms with Gasteiger partial charge in [-0.2, -0.15) is 0 Å². The van der Waals surface area contributed by atoms with Gasteiger partial charge >= 0.3 is 0 Å². The molecule has 0 fully saturated rings. The number of aromatic hydroxyl groups is 1. The van der Waals surface area contributed by atoms with E-state index >= 15 is 0 Å². The van der Waals surface area contributed by atoms with Crippen molar-refractivity contribution >= 4 is 5.91 Å². The Morgan fingerprint density at radius 2 is 2.06 bits per heavy atom. The van der Waals surface area contributed by atoms with Gasteiger partial charge in [0.1, 0.15) is 5.75 Å². The number of benzene rings is 1. The molecule has 0 radical (unpaired) electrons. The van der Waals surface area contributed by atoms with Crippen molar-refractivity contribution in [3.05, 3.63) is 29.8 Å². The Hall–Kier alpha value is -1.55. The second-order valence-electron chi connectivity index (χ2n) is 4.57. The second-order valence-corrected chi connectivity index (χ2v) is 4.57. The number of rotatable bonds is 4. The van der Waals surface area contributed by atoms with E-state index in [1.807, 2.05) is 6.07 Å². The standard InChI is InChI=1S/C12H18N2O2/c1-12(2,13)7-11(16)14-8-9-5-3-4-6-10(9)15/h3-6,15H,7-8,13H2,1-2H3,(H,14,16). The number of para-hydroxylation sites is 1. The van der Waals surface area contributed by atoms with Gasteiger partial charge in [0.25, 0.3) is 0 Å². The normalized spacial score (nSPS) is 11.2. The minimum absolute atomic E-state index is 0.115. The number of phenolic OH excluding ortho intramolecular Hbond substituents is 1. The van der Waals surface area contributed by atoms with Crippen LogP contribution in [-0.2, 0) is 11.3 Å². The van der Waals surface area contributed by atoms with E-state index in [1.165, 1.54) is 0 Å². The van der Waals surface area contributed by atoms with E-state index in [4.69, 9.17) is 5.73 Å². The van der Waals surface area contributed by atoms with Crippen molar-refractivity contribution in [2.45, 2.75) is 32.4 Å². The van der Waals surface area contributed by atoms with Crippen LogP contribution in [0.25, 0.3) is 0 Å². The molecular weight excluding hydrogens is 204 g/mol. The van der Waals surface area contributed by atoms with E-state index in [0.29, 0.717) is 12.1 Å². The molecule has 0 saturated heterocycles. The topological polar surface area (TPSA) is 75.4 Å². The molecule has 4 heteroatoms. The minimum atomic E-state index is -0.511. The quantitative estimate of drug-likeness (QED) is 0.715. The Bertz CT molecular complexity index is 370. The van der Waals surface area contributed by atoms with Crippen molar-refractivity contribution in [2.24, 2.45) is 5.73 Å². The second kappa shape index (κ2) is 4.99. The summed E-state index contributed by atoms with van der Waals surface area (Å²) in [6, 6.07) is 6.91. The summed E-state index contributed by atoms with van der Waals surface area (Å²) in [6.07, 6.45) is 0.264. The van der Waals surface area contributed by atoms with Gasteiger partial charge in [0.15, 0.2) is 0 Å². The van der Waals surface area contributed by atoms with Crippen molar-refractivity contribution in [1.29, 1.82) is 0 Å². The summed E-state index contributed by atoms with van der Waals surface area (Å²) < 4.78 is 0. The van der Waals surface area contributed by atoms with Gasteiger partial charge < -0.3 is 16.2 Å². The van der Waals surface area contributed by atoms with E-state index in [1.54, 1.807) is 32.0 Å². The van der Waals surface area contributed by atoms with Gasteiger partial charge in [-0.25, -0.2) is 0 Å². The summed E-state index contributed by atoms with van der Waals surface area (Å²) in [4.78, 5) is 11.5. The Morgan fingerprint density at radius 1 is 1.44 bits per heavy atom. The van der Waals surface area contributed by atoms with Crippen molar-refractivity contribution in [3.63, 3.8) is 0 Å². The molecule has 0 saturated carbocycles. The van der Waals surface area contributed by atoms with Crippen molar-refractivity contribution in [2.75, 3.05) is 0 Å². The predicted octanol–water partition coefficient (Wildman–Crippen LogP) is 1.14. The molecule has 0 atom stereocenters. The van der Waals surface area contributed by atoms with E-state index in [0.717, 1.165) is 0 Å². The van der Waals surface area contributed by atoms with Crippen LogP contribution in [0.4, 0.5) is 0 Å². The first-order valence-electron chi connectivity index (χ1n) is 5.21. The third kappa shape index (κ3) is 4.31. The Labute approximate surface area is 95.5 Å². The maximum atomic E-state index is 11.5. The zero-order valence-electron chi connectivity index (χ0n) is 9.66. The third-order valence-electron chi connectivity index (χ3n) is 2.08. The highest BCUT2D eigenvalue weighted by Gasteiger charge is 2.16. The van der Waals surface area contributed by atoms with Crippen LogP contribution in [0.3, 0.4) is 0 Å². The fraction of sp³-hybridized carbons (Fsp3) is 0.417. The number of hydrogen-bond donors (Lipinski definition) is 3. The van der Waals surface area contributed by atoms with Gasteiger partial charge in [-0.1, -0.05) is 18.2 Å². The molecule has 16 heavy (non-hydrogen) atoms. The first-order valence-corrected chi connectivity index (χ1v) is 5.21. The van der Waals surface area contributed by atoms with Crippen LogP contribution >= 0.6 is 0 Å². The third-order valence-corrected chi connectivity index (χ3v) is 2.08. The Balaban J connectivity index is 2.47. The SMILES string of the molecule is CC(C)(N)CC(=O)NCc1ccccc1O. The molecule has 0 bridgehead atoms. The average molecular weight is 222 g/mol. The van der Waals surface area contributed by atoms with Crippen LogP contribution in [0.2, 0.25) is 0 Å². The zero-order valence-corrected chi connectivity index (χ0v) is 9.66. The molecule has 1 amide bonds. The monoisotopic (exact) mass is 222 g/mol. The Kier molecular flexibility index (Phi) is 3.90. The highest BCUT2D eigenvalue weighted by atomic mass is 16.3. The molecule has 0 aliphatic carbocycles. The molecule has 4 N–H and O–H groups in total. The van der Waals surface area contributed by atoms with Gasteiger partial charge in [0.2, 0.25) is 5.91 Å². The number of amides is 1. The molecule has 0 spiro atoms. The lowest BCUT2D eigenvalue weighted by Crippen LogP contribution is -2.38. The van der Waals surface area contributed by atoms with Crippen LogP contribution in [0, 0.1) is 0 Å². The molecule has 88 valence electrons. The lowest BCUT2D eigenvalue weighted by molar-refractivity contribution is -0.122. The molecular formula is C12H18N2O2. The molecule has 1 aromatic rings. The van der Waals surface area contributed by atoms with E-state index in [-0.39, 0.29) is 18.1 Å². The zero-order chi connectivity index (χ0) is 12.2. The molecule has 0 unspecified atom stereocenters. The maximum absolute atomic E-state index is 11.5. The van der Waals surface area contributed by atoms with Gasteiger partial charge in [-0.05, 0) is 19.9 Å². The predicted molar refractivity (Wildman–Crippen MR) is 62.8 cm³/mol. The lowest BCUT2D eigenvalue weighted by Gasteiger charge is -2.17. The smallest absolute Gasteiger partial charge is 0.222 e. The summed E-state index contributed by atoms with van der Waals surface area (Å²) in [5, 5.41) is 12.2. The van der Waals surface area contributed by atoms with Gasteiger partial charge in [-0.3, -0.25) is 4.79 Å². The maximum Gasteiger partial charge on any atom is 0.222 e. The van der Waals surface area contributed by atoms with Crippen LogP contribution in [0.5, 0.6) is 5.75 Å². The highest BCUT2D eigenvalue weighted by Crippen LogP contribution is 2.15. The number of nitrogens with one attached hydrogen (secondary N) is 1. The van der Waals surface area contributed by atoms with Crippen LogP contribution in [-0.4, -0.2) is 16.6 Å². The number of nitrogens with two attached hydrogens (primary N) is 1. The molecule has 1 rings (SSSR count). The average Bonchev–Trinajstić information content (AvgIpc) is 2.14. The number of hydrogen-bond acceptors (Lipinski definition) is 3. The fourth-order valence-corrected chi connectivity index (χ4v) is 1.33.